The number of hydrogen-bond donors (Lipinski definition) is 0. The number of piperidine rings is 3. The van der Waals surface area contributed by atoms with E-state index >= 15 is 0 Å². The fourth-order valence-corrected chi connectivity index (χ4v) is 4.17. The van der Waals surface area contributed by atoms with E-state index in [1.807, 2.05) is 42.5 Å². The maximum Gasteiger partial charge on any atom is 0.326 e. The number of nitrogens with zero attached hydrogens (tertiary/aromatic N) is 2. The van der Waals surface area contributed by atoms with Crippen molar-refractivity contribution in [2.24, 2.45) is 5.92 Å². The van der Waals surface area contributed by atoms with Crippen molar-refractivity contribution in [3.05, 3.63) is 60.2 Å². The third kappa shape index (κ3) is 3.61. The zero-order valence-corrected chi connectivity index (χ0v) is 15.3. The number of ether oxygens (including phenoxy) is 1. The molecule has 3 aliphatic heterocycles. The van der Waals surface area contributed by atoms with E-state index in [1.165, 1.54) is 0 Å². The standard InChI is InChI=1S/C22H26N2O2/c1-17-7-5-6-10-20(17)24(19-8-3-2-4-9-19)16-22(25)26-21-15-23-13-11-18(21)12-14-23/h2-10,18,21H,11-16H2,1H3. The summed E-state index contributed by atoms with van der Waals surface area (Å²) in [5.74, 6) is 0.392. The van der Waals surface area contributed by atoms with Gasteiger partial charge in [0, 0.05) is 17.9 Å². The van der Waals surface area contributed by atoms with Gasteiger partial charge in [0.25, 0.3) is 0 Å². The lowest BCUT2D eigenvalue weighted by atomic mass is 9.86. The van der Waals surface area contributed by atoms with Gasteiger partial charge in [0.05, 0.1) is 0 Å². The van der Waals surface area contributed by atoms with Crippen molar-refractivity contribution in [2.45, 2.75) is 25.9 Å². The second kappa shape index (κ2) is 7.50. The van der Waals surface area contributed by atoms with Crippen molar-refractivity contribution in [1.29, 1.82) is 0 Å². The van der Waals surface area contributed by atoms with Crippen molar-refractivity contribution in [3.63, 3.8) is 0 Å². The minimum Gasteiger partial charge on any atom is -0.459 e. The van der Waals surface area contributed by atoms with Crippen LogP contribution < -0.4 is 4.90 Å². The van der Waals surface area contributed by atoms with Crippen LogP contribution in [0, 0.1) is 12.8 Å². The average molecular weight is 350 g/mol. The van der Waals surface area contributed by atoms with Gasteiger partial charge in [-0.3, -0.25) is 9.69 Å². The monoisotopic (exact) mass is 350 g/mol. The first-order chi connectivity index (χ1) is 12.7. The fourth-order valence-electron chi connectivity index (χ4n) is 4.17. The molecule has 1 unspecified atom stereocenters. The topological polar surface area (TPSA) is 32.8 Å². The van der Waals surface area contributed by atoms with Gasteiger partial charge < -0.3 is 9.64 Å². The first kappa shape index (κ1) is 17.1. The Balaban J connectivity index is 1.51. The summed E-state index contributed by atoms with van der Waals surface area (Å²) in [5.41, 5.74) is 3.20. The van der Waals surface area contributed by atoms with Crippen LogP contribution in [-0.2, 0) is 9.53 Å². The first-order valence-electron chi connectivity index (χ1n) is 9.51. The van der Waals surface area contributed by atoms with Gasteiger partial charge >= 0.3 is 5.97 Å². The van der Waals surface area contributed by atoms with Gasteiger partial charge in [-0.2, -0.15) is 0 Å². The number of hydrogen-bond acceptors (Lipinski definition) is 4. The van der Waals surface area contributed by atoms with Crippen molar-refractivity contribution in [3.8, 4) is 0 Å². The molecule has 3 saturated heterocycles. The Kier molecular flexibility index (Phi) is 4.93. The Morgan fingerprint density at radius 2 is 1.77 bits per heavy atom. The second-order valence-electron chi connectivity index (χ2n) is 7.37. The molecule has 1 atom stereocenters. The minimum atomic E-state index is -0.143. The molecule has 4 heteroatoms. The molecule has 2 aromatic carbocycles. The van der Waals surface area contributed by atoms with Crippen LogP contribution in [0.3, 0.4) is 0 Å². The average Bonchev–Trinajstić information content (AvgIpc) is 2.68. The van der Waals surface area contributed by atoms with Crippen LogP contribution in [0.5, 0.6) is 0 Å². The molecule has 0 radical (unpaired) electrons. The maximum absolute atomic E-state index is 12.8. The van der Waals surface area contributed by atoms with Crippen LogP contribution in [-0.4, -0.2) is 43.2 Å². The summed E-state index contributed by atoms with van der Waals surface area (Å²) < 4.78 is 5.92. The number of anilines is 2. The molecular weight excluding hydrogens is 324 g/mol. The Labute approximate surface area is 155 Å². The molecule has 4 nitrogen and oxygen atoms in total. The van der Waals surface area contributed by atoms with Crippen LogP contribution >= 0.6 is 0 Å². The maximum atomic E-state index is 12.8. The quantitative estimate of drug-likeness (QED) is 0.769. The third-order valence-corrected chi connectivity index (χ3v) is 5.64. The highest BCUT2D eigenvalue weighted by molar-refractivity contribution is 5.81. The largest absolute Gasteiger partial charge is 0.459 e. The zero-order chi connectivity index (χ0) is 17.9. The normalized spacial score (nSPS) is 24.3. The van der Waals surface area contributed by atoms with Gasteiger partial charge in [-0.1, -0.05) is 36.4 Å². The number of benzene rings is 2. The van der Waals surface area contributed by atoms with Crippen LogP contribution in [0.2, 0.25) is 0 Å². The molecule has 0 amide bonds. The molecule has 26 heavy (non-hydrogen) atoms. The fraction of sp³-hybridized carbons (Fsp3) is 0.409. The van der Waals surface area contributed by atoms with Crippen molar-refractivity contribution in [2.75, 3.05) is 31.1 Å². The van der Waals surface area contributed by atoms with Crippen LogP contribution in [0.4, 0.5) is 11.4 Å². The molecule has 2 aromatic rings. The number of carbonyl (C=O) groups is 1. The van der Waals surface area contributed by atoms with E-state index in [0.29, 0.717) is 5.92 Å². The van der Waals surface area contributed by atoms with Crippen LogP contribution in [0.25, 0.3) is 0 Å². The summed E-state index contributed by atoms with van der Waals surface area (Å²) in [7, 11) is 0. The molecule has 2 bridgehead atoms. The van der Waals surface area contributed by atoms with Gasteiger partial charge in [-0.05, 0) is 62.5 Å². The number of fused-ring (bicyclic) bond motifs is 3. The molecule has 3 heterocycles. The number of esters is 1. The van der Waals surface area contributed by atoms with Gasteiger partial charge in [-0.15, -0.1) is 0 Å². The summed E-state index contributed by atoms with van der Waals surface area (Å²) >= 11 is 0. The minimum absolute atomic E-state index is 0.0551. The van der Waals surface area contributed by atoms with E-state index in [-0.39, 0.29) is 18.6 Å². The van der Waals surface area contributed by atoms with Crippen LogP contribution in [0.15, 0.2) is 54.6 Å². The highest BCUT2D eigenvalue weighted by Crippen LogP contribution is 2.31. The summed E-state index contributed by atoms with van der Waals surface area (Å²) in [5, 5.41) is 0. The predicted molar refractivity (Wildman–Crippen MR) is 104 cm³/mol. The highest BCUT2D eigenvalue weighted by Gasteiger charge is 2.36. The second-order valence-corrected chi connectivity index (χ2v) is 7.37. The number of aryl methyl sites for hydroxylation is 1. The van der Waals surface area contributed by atoms with Crippen molar-refractivity contribution < 1.29 is 9.53 Å². The van der Waals surface area contributed by atoms with E-state index in [0.717, 1.165) is 49.4 Å². The van der Waals surface area contributed by atoms with Gasteiger partial charge in [-0.25, -0.2) is 0 Å². The van der Waals surface area contributed by atoms with E-state index in [4.69, 9.17) is 4.74 Å². The number of carbonyl (C=O) groups excluding carboxylic acids is 1. The summed E-state index contributed by atoms with van der Waals surface area (Å²) in [6, 6.07) is 18.2. The first-order valence-corrected chi connectivity index (χ1v) is 9.51. The summed E-state index contributed by atoms with van der Waals surface area (Å²) in [6.07, 6.45) is 2.36. The summed E-state index contributed by atoms with van der Waals surface area (Å²) in [6.45, 7) is 5.50. The molecule has 5 rings (SSSR count). The lowest BCUT2D eigenvalue weighted by Gasteiger charge is -2.44. The Morgan fingerprint density at radius 1 is 1.08 bits per heavy atom. The van der Waals surface area contributed by atoms with E-state index in [2.05, 4.69) is 28.9 Å². The van der Waals surface area contributed by atoms with Crippen molar-refractivity contribution in [1.82, 2.24) is 4.90 Å². The molecular formula is C22H26N2O2. The van der Waals surface area contributed by atoms with Gasteiger partial charge in [0.1, 0.15) is 12.6 Å². The smallest absolute Gasteiger partial charge is 0.326 e. The van der Waals surface area contributed by atoms with Crippen molar-refractivity contribution >= 4 is 17.3 Å². The van der Waals surface area contributed by atoms with Gasteiger partial charge in [0.2, 0.25) is 0 Å². The number of rotatable bonds is 5. The van der Waals surface area contributed by atoms with Crippen LogP contribution in [0.1, 0.15) is 18.4 Å². The molecule has 0 aliphatic carbocycles. The van der Waals surface area contributed by atoms with E-state index in [9.17, 15) is 4.79 Å². The Bertz CT molecular complexity index is 754. The van der Waals surface area contributed by atoms with E-state index < -0.39 is 0 Å². The molecule has 0 spiro atoms. The summed E-state index contributed by atoms with van der Waals surface area (Å²) in [4.78, 5) is 17.2. The molecule has 0 N–H and O–H groups in total. The molecule has 3 aliphatic rings. The molecule has 3 fully saturated rings. The SMILES string of the molecule is Cc1ccccc1N(CC(=O)OC1CN2CCC1CC2)c1ccccc1. The molecule has 0 saturated carbocycles. The Hall–Kier alpha value is -2.33. The molecule has 0 aromatic heterocycles. The highest BCUT2D eigenvalue weighted by atomic mass is 16.5. The number of para-hydroxylation sites is 2. The Morgan fingerprint density at radius 3 is 2.42 bits per heavy atom. The predicted octanol–water partition coefficient (Wildman–Crippen LogP) is 3.77. The van der Waals surface area contributed by atoms with Gasteiger partial charge in [0.15, 0.2) is 0 Å². The molecule has 136 valence electrons. The van der Waals surface area contributed by atoms with E-state index in [1.54, 1.807) is 0 Å². The lowest BCUT2D eigenvalue weighted by Crippen LogP contribution is -2.52. The zero-order valence-electron chi connectivity index (χ0n) is 15.3. The lowest BCUT2D eigenvalue weighted by molar-refractivity contribution is -0.156. The third-order valence-electron chi connectivity index (χ3n) is 5.64.